The number of rotatable bonds is 5. The van der Waals surface area contributed by atoms with E-state index < -0.39 is 5.54 Å². The maximum Gasteiger partial charge on any atom is 0.326 e. The van der Waals surface area contributed by atoms with Gasteiger partial charge in [0.1, 0.15) is 11.4 Å². The van der Waals surface area contributed by atoms with Crippen molar-refractivity contribution in [2.24, 2.45) is 11.7 Å². The van der Waals surface area contributed by atoms with Gasteiger partial charge in [-0.3, -0.25) is 4.79 Å². The first kappa shape index (κ1) is 15.3. The first-order valence-corrected chi connectivity index (χ1v) is 7.80. The molecule has 2 unspecified atom stereocenters. The average molecular weight is 297 g/mol. The van der Waals surface area contributed by atoms with Crippen molar-refractivity contribution < 1.29 is 13.9 Å². The molecule has 1 aromatic rings. The number of nitrogens with two attached hydrogens (primary N) is 1. The average Bonchev–Trinajstić information content (AvgIpc) is 2.81. The van der Waals surface area contributed by atoms with Crippen molar-refractivity contribution in [2.75, 3.05) is 12.9 Å². The summed E-state index contributed by atoms with van der Waals surface area (Å²) in [5, 5.41) is 0. The lowest BCUT2D eigenvalue weighted by molar-refractivity contribution is -0.148. The van der Waals surface area contributed by atoms with Crippen LogP contribution in [0.5, 0.6) is 0 Å². The lowest BCUT2D eigenvalue weighted by Crippen LogP contribution is -2.51. The zero-order chi connectivity index (χ0) is 14.6. The monoisotopic (exact) mass is 297 g/mol. The fraction of sp³-hybridized carbons (Fsp3) is 0.533. The van der Waals surface area contributed by atoms with Gasteiger partial charge in [-0.2, -0.15) is 0 Å². The predicted molar refractivity (Wildman–Crippen MR) is 78.0 cm³/mol. The third-order valence-electron chi connectivity index (χ3n) is 3.97. The highest BCUT2D eigenvalue weighted by molar-refractivity contribution is 7.99. The van der Waals surface area contributed by atoms with Crippen molar-refractivity contribution in [2.45, 2.75) is 36.1 Å². The maximum absolute atomic E-state index is 13.1. The third-order valence-corrected chi connectivity index (χ3v) is 5.00. The van der Waals surface area contributed by atoms with E-state index in [1.54, 1.807) is 17.8 Å². The van der Waals surface area contributed by atoms with E-state index in [0.717, 1.165) is 29.9 Å². The summed E-state index contributed by atoms with van der Waals surface area (Å²) in [6.07, 6.45) is 3.44. The Balaban J connectivity index is 1.89. The van der Waals surface area contributed by atoms with Gasteiger partial charge in [-0.05, 0) is 49.1 Å². The Bertz CT molecular complexity index is 483. The summed E-state index contributed by atoms with van der Waals surface area (Å²) in [7, 11) is 1.38. The van der Waals surface area contributed by atoms with Gasteiger partial charge in [0.25, 0.3) is 0 Å². The summed E-state index contributed by atoms with van der Waals surface area (Å²) in [5.74, 6) is 0.440. The van der Waals surface area contributed by atoms with Gasteiger partial charge in [0.05, 0.1) is 7.11 Å². The molecular weight excluding hydrogens is 277 g/mol. The standard InChI is InChI=1S/C15H20FNO2S/c1-19-14(18)15(17)8-3-4-11(15)7-9-20-13-6-2-5-12(16)10-13/h2,5-6,10-11H,3-4,7-9,17H2,1H3. The summed E-state index contributed by atoms with van der Waals surface area (Å²) in [6.45, 7) is 0. The Kier molecular flexibility index (Phi) is 5.05. The van der Waals surface area contributed by atoms with Crippen LogP contribution < -0.4 is 5.73 Å². The van der Waals surface area contributed by atoms with Crippen LogP contribution in [0.15, 0.2) is 29.2 Å². The van der Waals surface area contributed by atoms with Crippen LogP contribution in [0.3, 0.4) is 0 Å². The minimum absolute atomic E-state index is 0.149. The molecule has 2 rings (SSSR count). The normalized spacial score (nSPS) is 25.6. The van der Waals surface area contributed by atoms with E-state index in [2.05, 4.69) is 0 Å². The number of carbonyl (C=O) groups is 1. The van der Waals surface area contributed by atoms with Crippen LogP contribution in [0.25, 0.3) is 0 Å². The van der Waals surface area contributed by atoms with Crippen molar-refractivity contribution in [1.82, 2.24) is 0 Å². The fourth-order valence-corrected chi connectivity index (χ4v) is 3.85. The molecule has 2 N–H and O–H groups in total. The Hall–Kier alpha value is -1.07. The molecule has 3 nitrogen and oxygen atoms in total. The number of benzene rings is 1. The van der Waals surface area contributed by atoms with Crippen molar-refractivity contribution in [3.8, 4) is 0 Å². The van der Waals surface area contributed by atoms with E-state index in [9.17, 15) is 9.18 Å². The van der Waals surface area contributed by atoms with Crippen molar-refractivity contribution >= 4 is 17.7 Å². The number of hydrogen-bond acceptors (Lipinski definition) is 4. The molecular formula is C15H20FNO2S. The first-order chi connectivity index (χ1) is 9.56. The van der Waals surface area contributed by atoms with Crippen molar-refractivity contribution in [1.29, 1.82) is 0 Å². The van der Waals surface area contributed by atoms with E-state index in [-0.39, 0.29) is 17.7 Å². The molecule has 0 heterocycles. The Morgan fingerprint density at radius 1 is 1.60 bits per heavy atom. The van der Waals surface area contributed by atoms with Crippen LogP contribution >= 0.6 is 11.8 Å². The molecule has 1 aromatic carbocycles. The Morgan fingerprint density at radius 3 is 3.10 bits per heavy atom. The molecule has 1 saturated carbocycles. The van der Waals surface area contributed by atoms with Gasteiger partial charge < -0.3 is 10.5 Å². The number of hydrogen-bond donors (Lipinski definition) is 1. The Labute approximate surface area is 123 Å². The topological polar surface area (TPSA) is 52.3 Å². The number of thioether (sulfide) groups is 1. The predicted octanol–water partition coefficient (Wildman–Crippen LogP) is 2.98. The minimum Gasteiger partial charge on any atom is -0.468 e. The molecule has 0 bridgehead atoms. The number of ether oxygens (including phenoxy) is 1. The van der Waals surface area contributed by atoms with Gasteiger partial charge in [0, 0.05) is 4.90 Å². The molecule has 0 aromatic heterocycles. The molecule has 1 aliphatic carbocycles. The summed E-state index contributed by atoms with van der Waals surface area (Å²) in [5.41, 5.74) is 5.38. The maximum atomic E-state index is 13.1. The summed E-state index contributed by atoms with van der Waals surface area (Å²) < 4.78 is 17.9. The molecule has 0 aliphatic heterocycles. The van der Waals surface area contributed by atoms with Gasteiger partial charge in [0.2, 0.25) is 0 Å². The minimum atomic E-state index is -0.836. The number of halogens is 1. The highest BCUT2D eigenvalue weighted by atomic mass is 32.2. The van der Waals surface area contributed by atoms with Crippen LogP contribution in [0.4, 0.5) is 4.39 Å². The molecule has 0 radical (unpaired) electrons. The molecule has 1 fully saturated rings. The highest BCUT2D eigenvalue weighted by Gasteiger charge is 2.46. The van der Waals surface area contributed by atoms with Gasteiger partial charge >= 0.3 is 5.97 Å². The van der Waals surface area contributed by atoms with E-state index >= 15 is 0 Å². The van der Waals surface area contributed by atoms with Gasteiger partial charge in [-0.25, -0.2) is 4.39 Å². The van der Waals surface area contributed by atoms with E-state index in [0.29, 0.717) is 6.42 Å². The second kappa shape index (κ2) is 6.59. The second-order valence-corrected chi connectivity index (χ2v) is 6.38. The van der Waals surface area contributed by atoms with E-state index in [1.807, 2.05) is 6.07 Å². The lowest BCUT2D eigenvalue weighted by atomic mass is 9.86. The van der Waals surface area contributed by atoms with Crippen LogP contribution in [0, 0.1) is 11.7 Å². The van der Waals surface area contributed by atoms with Gasteiger partial charge in [-0.1, -0.05) is 12.5 Å². The van der Waals surface area contributed by atoms with E-state index in [4.69, 9.17) is 10.5 Å². The number of esters is 1. The smallest absolute Gasteiger partial charge is 0.326 e. The zero-order valence-electron chi connectivity index (χ0n) is 11.6. The molecule has 0 spiro atoms. The highest BCUT2D eigenvalue weighted by Crippen LogP contribution is 2.38. The number of carbonyl (C=O) groups excluding carboxylic acids is 1. The SMILES string of the molecule is COC(=O)C1(N)CCCC1CCSc1cccc(F)c1. The lowest BCUT2D eigenvalue weighted by Gasteiger charge is -2.28. The first-order valence-electron chi connectivity index (χ1n) is 6.82. The number of methoxy groups -OCH3 is 1. The van der Waals surface area contributed by atoms with Crippen molar-refractivity contribution in [3.05, 3.63) is 30.1 Å². The molecule has 20 heavy (non-hydrogen) atoms. The van der Waals surface area contributed by atoms with Gasteiger partial charge in [0.15, 0.2) is 0 Å². The van der Waals surface area contributed by atoms with Crippen LogP contribution in [0.1, 0.15) is 25.7 Å². The summed E-state index contributed by atoms with van der Waals surface area (Å²) >= 11 is 1.59. The van der Waals surface area contributed by atoms with Crippen LogP contribution in [-0.2, 0) is 9.53 Å². The van der Waals surface area contributed by atoms with Gasteiger partial charge in [-0.15, -0.1) is 11.8 Å². The Morgan fingerprint density at radius 2 is 2.40 bits per heavy atom. The molecule has 1 aliphatic rings. The van der Waals surface area contributed by atoms with Crippen LogP contribution in [-0.4, -0.2) is 24.4 Å². The van der Waals surface area contributed by atoms with Crippen LogP contribution in [0.2, 0.25) is 0 Å². The fourth-order valence-electron chi connectivity index (χ4n) is 2.84. The molecule has 5 heteroatoms. The van der Waals surface area contributed by atoms with Crippen molar-refractivity contribution in [3.63, 3.8) is 0 Å². The quantitative estimate of drug-likeness (QED) is 0.670. The molecule has 110 valence electrons. The van der Waals surface area contributed by atoms with E-state index in [1.165, 1.54) is 19.2 Å². The largest absolute Gasteiger partial charge is 0.468 e. The third kappa shape index (κ3) is 3.33. The molecule has 2 atom stereocenters. The molecule has 0 amide bonds. The summed E-state index contributed by atoms with van der Waals surface area (Å²) in [4.78, 5) is 12.7. The molecule has 0 saturated heterocycles. The summed E-state index contributed by atoms with van der Waals surface area (Å²) in [6, 6.07) is 6.55. The zero-order valence-corrected chi connectivity index (χ0v) is 12.4. The second-order valence-electron chi connectivity index (χ2n) is 5.22.